The van der Waals surface area contributed by atoms with E-state index in [0.717, 1.165) is 17.1 Å². The fourth-order valence-corrected chi connectivity index (χ4v) is 2.75. The lowest BCUT2D eigenvalue weighted by molar-refractivity contribution is -0.646. The summed E-state index contributed by atoms with van der Waals surface area (Å²) >= 11 is 0. The summed E-state index contributed by atoms with van der Waals surface area (Å²) in [6.45, 7) is 1.59. The van der Waals surface area contributed by atoms with Gasteiger partial charge in [0.1, 0.15) is 7.05 Å². The molecule has 0 radical (unpaired) electrons. The molecule has 1 aromatic carbocycles. The number of benzene rings is 1. The van der Waals surface area contributed by atoms with Crippen molar-refractivity contribution in [2.24, 2.45) is 14.1 Å². The third-order valence-electron chi connectivity index (χ3n) is 4.35. The number of hydrogen-bond donors (Lipinski definition) is 0. The molecule has 10 heteroatoms. The van der Waals surface area contributed by atoms with E-state index in [2.05, 4.69) is 42.0 Å². The minimum absolute atomic E-state index is 0.0819. The van der Waals surface area contributed by atoms with Gasteiger partial charge in [-0.3, -0.25) is 4.79 Å². The predicted octanol–water partition coefficient (Wildman–Crippen LogP) is 3.43. The van der Waals surface area contributed by atoms with Crippen LogP contribution in [0.2, 0.25) is 0 Å². The molecule has 2 heterocycles. The molecule has 0 N–H and O–H groups in total. The third-order valence-corrected chi connectivity index (χ3v) is 4.92. The quantitative estimate of drug-likeness (QED) is 0.270. The SMILES string of the molecule is CC(=O)c1ccc(/C=C/c2ccc3ccccc3[n+]2C)n1C.O=S(=O)([O-])C(F)(F)F. The fourth-order valence-electron chi connectivity index (χ4n) is 2.75. The topological polar surface area (TPSA) is 83.1 Å². The Morgan fingerprint density at radius 3 is 2.20 bits per heavy atom. The molecule has 0 saturated heterocycles. The molecule has 3 rings (SSSR count). The van der Waals surface area contributed by atoms with Crippen LogP contribution in [0.1, 0.15) is 28.8 Å². The van der Waals surface area contributed by atoms with E-state index in [1.807, 2.05) is 42.0 Å². The first-order chi connectivity index (χ1) is 13.8. The number of para-hydroxylation sites is 1. The molecule has 0 amide bonds. The van der Waals surface area contributed by atoms with Crippen LogP contribution >= 0.6 is 0 Å². The zero-order valence-corrected chi connectivity index (χ0v) is 17.2. The van der Waals surface area contributed by atoms with E-state index >= 15 is 0 Å². The van der Waals surface area contributed by atoms with Crippen molar-refractivity contribution in [1.29, 1.82) is 0 Å². The Morgan fingerprint density at radius 2 is 1.67 bits per heavy atom. The molecule has 0 spiro atoms. The van der Waals surface area contributed by atoms with E-state index < -0.39 is 15.6 Å². The number of pyridine rings is 1. The molecule has 0 aliphatic carbocycles. The van der Waals surface area contributed by atoms with Crippen LogP contribution in [0.3, 0.4) is 0 Å². The van der Waals surface area contributed by atoms with Crippen LogP contribution < -0.4 is 4.57 Å². The number of carbonyl (C=O) groups excluding carboxylic acids is 1. The minimum Gasteiger partial charge on any atom is -0.741 e. The van der Waals surface area contributed by atoms with Gasteiger partial charge in [0, 0.05) is 43.3 Å². The second-order valence-corrected chi connectivity index (χ2v) is 7.74. The summed E-state index contributed by atoms with van der Waals surface area (Å²) in [4.78, 5) is 11.5. The Hall–Kier alpha value is -2.98. The van der Waals surface area contributed by atoms with E-state index in [-0.39, 0.29) is 5.78 Å². The molecule has 160 valence electrons. The van der Waals surface area contributed by atoms with E-state index in [4.69, 9.17) is 13.0 Å². The molecule has 0 saturated carbocycles. The van der Waals surface area contributed by atoms with Crippen LogP contribution in [-0.4, -0.2) is 28.8 Å². The summed E-state index contributed by atoms with van der Waals surface area (Å²) < 4.78 is 63.0. The predicted molar refractivity (Wildman–Crippen MR) is 105 cm³/mol. The monoisotopic (exact) mass is 440 g/mol. The van der Waals surface area contributed by atoms with E-state index in [9.17, 15) is 18.0 Å². The van der Waals surface area contributed by atoms with Gasteiger partial charge >= 0.3 is 5.51 Å². The normalized spacial score (nSPS) is 12.1. The lowest BCUT2D eigenvalue weighted by Gasteiger charge is -2.08. The fraction of sp³-hybridized carbons (Fsp3) is 0.200. The molecule has 0 atom stereocenters. The van der Waals surface area contributed by atoms with Gasteiger partial charge in [0.15, 0.2) is 15.9 Å². The highest BCUT2D eigenvalue weighted by Gasteiger charge is 2.36. The van der Waals surface area contributed by atoms with Gasteiger partial charge in [-0.15, -0.1) is 0 Å². The van der Waals surface area contributed by atoms with Crippen molar-refractivity contribution in [1.82, 2.24) is 4.57 Å². The molecule has 2 aromatic heterocycles. The molecular formula is C20H19F3N2O4S. The smallest absolute Gasteiger partial charge is 0.485 e. The number of aryl methyl sites for hydroxylation is 1. The molecule has 6 nitrogen and oxygen atoms in total. The van der Waals surface area contributed by atoms with E-state index in [0.29, 0.717) is 0 Å². The number of fused-ring (bicyclic) bond motifs is 1. The lowest BCUT2D eigenvalue weighted by Crippen LogP contribution is -2.32. The molecule has 0 aliphatic rings. The van der Waals surface area contributed by atoms with Crippen LogP contribution in [0.4, 0.5) is 13.2 Å². The molecular weight excluding hydrogens is 421 g/mol. The lowest BCUT2D eigenvalue weighted by atomic mass is 10.2. The second kappa shape index (κ2) is 8.80. The minimum atomic E-state index is -6.09. The van der Waals surface area contributed by atoms with E-state index in [1.165, 1.54) is 10.9 Å². The van der Waals surface area contributed by atoms with Crippen LogP contribution in [0.15, 0.2) is 48.5 Å². The molecule has 0 aliphatic heterocycles. The summed E-state index contributed by atoms with van der Waals surface area (Å²) in [7, 11) is -2.11. The van der Waals surface area contributed by atoms with Crippen molar-refractivity contribution >= 4 is 39.0 Å². The van der Waals surface area contributed by atoms with Gasteiger partial charge in [0.25, 0.3) is 0 Å². The number of Topliss-reactive ketones (excluding diaryl/α,β-unsaturated/α-hetero) is 1. The molecule has 0 unspecified atom stereocenters. The summed E-state index contributed by atoms with van der Waals surface area (Å²) in [5.41, 5.74) is -1.60. The van der Waals surface area contributed by atoms with Crippen molar-refractivity contribution in [3.63, 3.8) is 0 Å². The van der Waals surface area contributed by atoms with E-state index in [1.54, 1.807) is 6.92 Å². The van der Waals surface area contributed by atoms with Gasteiger partial charge in [-0.05, 0) is 30.3 Å². The first kappa shape index (κ1) is 23.3. The van der Waals surface area contributed by atoms with Crippen LogP contribution in [0.5, 0.6) is 0 Å². The van der Waals surface area contributed by atoms with Crippen LogP contribution in [0.25, 0.3) is 23.1 Å². The summed E-state index contributed by atoms with van der Waals surface area (Å²) in [5, 5.41) is 1.22. The highest BCUT2D eigenvalue weighted by Crippen LogP contribution is 2.20. The Labute approximate surface area is 171 Å². The molecule has 30 heavy (non-hydrogen) atoms. The number of nitrogens with zero attached hydrogens (tertiary/aromatic N) is 2. The van der Waals surface area contributed by atoms with Gasteiger partial charge in [0.2, 0.25) is 11.2 Å². The van der Waals surface area contributed by atoms with Crippen molar-refractivity contribution in [2.45, 2.75) is 12.4 Å². The average Bonchev–Trinajstić information content (AvgIpc) is 3.01. The average molecular weight is 440 g/mol. The molecule has 0 fully saturated rings. The van der Waals surface area contributed by atoms with Crippen molar-refractivity contribution in [2.75, 3.05) is 0 Å². The highest BCUT2D eigenvalue weighted by molar-refractivity contribution is 7.86. The van der Waals surface area contributed by atoms with Gasteiger partial charge in [-0.25, -0.2) is 8.42 Å². The number of rotatable bonds is 3. The number of halogens is 3. The number of aromatic nitrogens is 2. The number of alkyl halides is 3. The Balaban J connectivity index is 0.000000343. The first-order valence-corrected chi connectivity index (χ1v) is 9.98. The largest absolute Gasteiger partial charge is 0.741 e. The second-order valence-electron chi connectivity index (χ2n) is 6.37. The highest BCUT2D eigenvalue weighted by atomic mass is 32.2. The van der Waals surface area contributed by atoms with Crippen LogP contribution in [-0.2, 0) is 24.2 Å². The third kappa shape index (κ3) is 5.33. The zero-order valence-electron chi connectivity index (χ0n) is 16.3. The maximum absolute atomic E-state index is 11.5. The van der Waals surface area contributed by atoms with Gasteiger partial charge in [-0.1, -0.05) is 12.1 Å². The summed E-state index contributed by atoms with van der Waals surface area (Å²) in [6.07, 6.45) is 4.11. The van der Waals surface area contributed by atoms with Gasteiger partial charge in [0.05, 0.1) is 5.69 Å². The number of hydrogen-bond acceptors (Lipinski definition) is 4. The van der Waals surface area contributed by atoms with Crippen LogP contribution in [0, 0.1) is 0 Å². The first-order valence-electron chi connectivity index (χ1n) is 8.57. The number of ketones is 1. The Morgan fingerprint density at radius 1 is 1.07 bits per heavy atom. The summed E-state index contributed by atoms with van der Waals surface area (Å²) in [5.74, 6) is 0.0819. The summed E-state index contributed by atoms with van der Waals surface area (Å²) in [6, 6.07) is 16.4. The van der Waals surface area contributed by atoms with Crippen molar-refractivity contribution in [3.8, 4) is 0 Å². The zero-order chi connectivity index (χ0) is 22.7. The van der Waals surface area contributed by atoms with Crippen molar-refractivity contribution < 1.29 is 35.5 Å². The van der Waals surface area contributed by atoms with Crippen molar-refractivity contribution in [3.05, 3.63) is 65.6 Å². The molecule has 0 bridgehead atoms. The standard InChI is InChI=1S/C19H19N2O.CHF3O3S/c1-14(22)18-13-12-17(20(18)2)11-10-16-9-8-15-6-4-5-7-19(15)21(16)3;2-1(3,4)8(5,6)7/h4-13H,1-3H3;(H,5,6,7)/q+1;/p-1. The number of carbonyl (C=O) groups is 1. The van der Waals surface area contributed by atoms with Gasteiger partial charge in [-0.2, -0.15) is 17.7 Å². The Bertz CT molecular complexity index is 1210. The maximum Gasteiger partial charge on any atom is 0.485 e. The van der Waals surface area contributed by atoms with Gasteiger partial charge < -0.3 is 9.12 Å². The maximum atomic E-state index is 11.5. The molecule has 3 aromatic rings. The Kier molecular flexibility index (Phi) is 6.84.